The maximum atomic E-state index is 9.52. The monoisotopic (exact) mass is 97.1 g/mol. The highest BCUT2D eigenvalue weighted by atomic mass is 16.1. The lowest BCUT2D eigenvalue weighted by molar-refractivity contribution is -0.104. The highest BCUT2D eigenvalue weighted by Crippen LogP contribution is 1.66. The van der Waals surface area contributed by atoms with E-state index in [2.05, 4.69) is 0 Å². The first-order chi connectivity index (χ1) is 3.41. The van der Waals surface area contributed by atoms with Crippen LogP contribution in [0.25, 0.3) is 0 Å². The Morgan fingerprint density at radius 1 is 1.14 bits per heavy atom. The third kappa shape index (κ3) is 4.95. The molecule has 2 heteroatoms. The van der Waals surface area contributed by atoms with E-state index in [-0.39, 0.29) is 0 Å². The number of carbonyl (C=O) groups is 1. The molecule has 0 aromatic heterocycles. The van der Waals surface area contributed by atoms with Gasteiger partial charge in [-0.1, -0.05) is 6.08 Å². The van der Waals surface area contributed by atoms with Crippen LogP contribution in [-0.4, -0.2) is 6.29 Å². The molecule has 0 saturated carbocycles. The number of nitrogens with two attached hydrogens (primary N) is 1. The zero-order valence-electron chi connectivity index (χ0n) is 3.87. The van der Waals surface area contributed by atoms with Crippen LogP contribution < -0.4 is 5.73 Å². The molecule has 0 heterocycles. The van der Waals surface area contributed by atoms with E-state index in [0.29, 0.717) is 6.29 Å². The number of rotatable bonds is 2. The first-order valence-corrected chi connectivity index (χ1v) is 1.90. The lowest BCUT2D eigenvalue weighted by Gasteiger charge is -1.63. The second kappa shape index (κ2) is 4.95. The highest BCUT2D eigenvalue weighted by Gasteiger charge is 1.56. The number of carbonyl (C=O) groups excluding carboxylic acids is 1. The van der Waals surface area contributed by atoms with Crippen molar-refractivity contribution < 1.29 is 4.79 Å². The molecule has 0 saturated heterocycles. The Kier molecular flexibility index (Phi) is 4.21. The van der Waals surface area contributed by atoms with E-state index in [1.165, 1.54) is 12.3 Å². The summed E-state index contributed by atoms with van der Waals surface area (Å²) in [6.07, 6.45) is 6.56. The Labute approximate surface area is 42.3 Å². The zero-order valence-corrected chi connectivity index (χ0v) is 3.87. The van der Waals surface area contributed by atoms with Crippen molar-refractivity contribution in [2.45, 2.75) is 0 Å². The van der Waals surface area contributed by atoms with Crippen molar-refractivity contribution >= 4 is 6.29 Å². The van der Waals surface area contributed by atoms with Crippen LogP contribution in [-0.2, 0) is 4.79 Å². The van der Waals surface area contributed by atoms with Gasteiger partial charge in [0, 0.05) is 0 Å². The molecule has 0 bridgehead atoms. The smallest absolute Gasteiger partial charge is 0.142 e. The quantitative estimate of drug-likeness (QED) is 0.304. The molecule has 0 aromatic rings. The molecule has 2 N–H and O–H groups in total. The van der Waals surface area contributed by atoms with E-state index in [0.717, 1.165) is 0 Å². The zero-order chi connectivity index (χ0) is 5.54. The van der Waals surface area contributed by atoms with E-state index in [1.54, 1.807) is 12.2 Å². The van der Waals surface area contributed by atoms with Crippen molar-refractivity contribution in [3.8, 4) is 0 Å². The molecule has 0 aliphatic rings. The fourth-order valence-electron chi connectivity index (χ4n) is 0.174. The molecule has 0 atom stereocenters. The first-order valence-electron chi connectivity index (χ1n) is 1.90. The molecule has 0 spiro atoms. The van der Waals surface area contributed by atoms with Gasteiger partial charge in [-0.3, -0.25) is 4.79 Å². The Bertz CT molecular complexity index is 94.3. The van der Waals surface area contributed by atoms with E-state index in [4.69, 9.17) is 5.73 Å². The summed E-state index contributed by atoms with van der Waals surface area (Å²) in [5, 5.41) is 0. The van der Waals surface area contributed by atoms with Crippen LogP contribution >= 0.6 is 0 Å². The van der Waals surface area contributed by atoms with Crippen LogP contribution in [0, 0.1) is 0 Å². The summed E-state index contributed by atoms with van der Waals surface area (Å²) in [7, 11) is 0. The summed E-state index contributed by atoms with van der Waals surface area (Å²) in [6, 6.07) is 0. The van der Waals surface area contributed by atoms with Gasteiger partial charge in [-0.05, 0) is 18.4 Å². The predicted molar refractivity (Wildman–Crippen MR) is 28.5 cm³/mol. The average Bonchev–Trinajstić information content (AvgIpc) is 1.69. The summed E-state index contributed by atoms with van der Waals surface area (Å²) in [5.41, 5.74) is 4.92. The van der Waals surface area contributed by atoms with Crippen molar-refractivity contribution in [2.24, 2.45) is 5.73 Å². The van der Waals surface area contributed by atoms with Gasteiger partial charge in [-0.2, -0.15) is 0 Å². The number of allylic oxidation sites excluding steroid dienone is 3. The van der Waals surface area contributed by atoms with Crippen molar-refractivity contribution in [2.75, 3.05) is 0 Å². The molecular formula is C5H7NO. The van der Waals surface area contributed by atoms with Crippen molar-refractivity contribution in [1.82, 2.24) is 0 Å². The van der Waals surface area contributed by atoms with Crippen molar-refractivity contribution in [1.29, 1.82) is 0 Å². The Balaban J connectivity index is 3.27. The molecular weight excluding hydrogens is 90.1 g/mol. The van der Waals surface area contributed by atoms with Gasteiger partial charge in [0.25, 0.3) is 0 Å². The van der Waals surface area contributed by atoms with Gasteiger partial charge in [0.2, 0.25) is 0 Å². The SMILES string of the molecule is N/C=C\C=C/C=O. The Morgan fingerprint density at radius 2 is 1.86 bits per heavy atom. The third-order valence-corrected chi connectivity index (χ3v) is 0.412. The average molecular weight is 97.1 g/mol. The van der Waals surface area contributed by atoms with Crippen LogP contribution in [0.3, 0.4) is 0 Å². The van der Waals surface area contributed by atoms with Crippen molar-refractivity contribution in [3.05, 3.63) is 24.4 Å². The number of hydrogen-bond acceptors (Lipinski definition) is 2. The molecule has 7 heavy (non-hydrogen) atoms. The first kappa shape index (κ1) is 5.95. The van der Waals surface area contributed by atoms with Crippen LogP contribution in [0.2, 0.25) is 0 Å². The summed E-state index contributed by atoms with van der Waals surface area (Å²) >= 11 is 0. The maximum absolute atomic E-state index is 9.52. The second-order valence-corrected chi connectivity index (χ2v) is 0.906. The summed E-state index contributed by atoms with van der Waals surface area (Å²) in [5.74, 6) is 0. The van der Waals surface area contributed by atoms with Gasteiger partial charge in [0.05, 0.1) is 0 Å². The van der Waals surface area contributed by atoms with Gasteiger partial charge in [-0.25, -0.2) is 0 Å². The van der Waals surface area contributed by atoms with Crippen LogP contribution in [0.1, 0.15) is 0 Å². The molecule has 2 nitrogen and oxygen atoms in total. The van der Waals surface area contributed by atoms with E-state index in [9.17, 15) is 4.79 Å². The lowest BCUT2D eigenvalue weighted by Crippen LogP contribution is -1.72. The largest absolute Gasteiger partial charge is 0.405 e. The maximum Gasteiger partial charge on any atom is 0.142 e. The van der Waals surface area contributed by atoms with Crippen molar-refractivity contribution in [3.63, 3.8) is 0 Å². The van der Waals surface area contributed by atoms with Crippen LogP contribution in [0.4, 0.5) is 0 Å². The molecule has 0 aliphatic heterocycles. The topological polar surface area (TPSA) is 43.1 Å². The molecule has 38 valence electrons. The molecule has 0 amide bonds. The van der Waals surface area contributed by atoms with Crippen LogP contribution in [0.5, 0.6) is 0 Å². The predicted octanol–water partition coefficient (Wildman–Crippen LogP) is 0.214. The van der Waals surface area contributed by atoms with E-state index < -0.39 is 0 Å². The van der Waals surface area contributed by atoms with Gasteiger partial charge in [0.15, 0.2) is 0 Å². The minimum absolute atomic E-state index is 0.694. The van der Waals surface area contributed by atoms with Gasteiger partial charge in [0.1, 0.15) is 6.29 Å². The molecule has 0 aromatic carbocycles. The summed E-state index contributed by atoms with van der Waals surface area (Å²) in [6.45, 7) is 0. The van der Waals surface area contributed by atoms with Gasteiger partial charge < -0.3 is 5.73 Å². The molecule has 0 aliphatic carbocycles. The minimum Gasteiger partial charge on any atom is -0.405 e. The second-order valence-electron chi connectivity index (χ2n) is 0.906. The number of aldehydes is 1. The molecule has 0 rings (SSSR count). The van der Waals surface area contributed by atoms with Gasteiger partial charge >= 0.3 is 0 Å². The molecule has 0 fully saturated rings. The molecule has 0 unspecified atom stereocenters. The summed E-state index contributed by atoms with van der Waals surface area (Å²) < 4.78 is 0. The highest BCUT2D eigenvalue weighted by molar-refractivity contribution is 5.65. The summed E-state index contributed by atoms with van der Waals surface area (Å²) in [4.78, 5) is 9.52. The van der Waals surface area contributed by atoms with E-state index >= 15 is 0 Å². The third-order valence-electron chi connectivity index (χ3n) is 0.412. The minimum atomic E-state index is 0.694. The fraction of sp³-hybridized carbons (Fsp3) is 0. The van der Waals surface area contributed by atoms with Crippen LogP contribution in [0.15, 0.2) is 24.4 Å². The molecule has 0 radical (unpaired) electrons. The Hall–Kier alpha value is -1.05. The van der Waals surface area contributed by atoms with E-state index in [1.807, 2.05) is 0 Å². The Morgan fingerprint density at radius 3 is 2.29 bits per heavy atom. The fourth-order valence-corrected chi connectivity index (χ4v) is 0.174. The van der Waals surface area contributed by atoms with Gasteiger partial charge in [-0.15, -0.1) is 0 Å². The number of hydrogen-bond donors (Lipinski definition) is 1. The lowest BCUT2D eigenvalue weighted by atomic mass is 10.5. The normalized spacial score (nSPS) is 10.9. The standard InChI is InChI=1S/C5H7NO/c6-4-2-1-3-5-7/h1-5H,6H2/b3-1-,4-2-.